The highest BCUT2D eigenvalue weighted by Gasteiger charge is 2.07. The van der Waals surface area contributed by atoms with Crippen LogP contribution < -0.4 is 10.6 Å². The minimum absolute atomic E-state index is 0.787. The molecule has 6 heteroatoms. The molecule has 0 spiro atoms. The molecular formula is C24H30N6. The number of imidazole rings is 1. The van der Waals surface area contributed by atoms with E-state index in [0.717, 1.165) is 49.7 Å². The number of aryl methyl sites for hydroxylation is 2. The molecule has 3 aromatic heterocycles. The summed E-state index contributed by atoms with van der Waals surface area (Å²) in [5, 5.41) is 8.14. The number of aromatic amines is 1. The molecule has 0 radical (unpaired) electrons. The van der Waals surface area contributed by atoms with E-state index in [0.29, 0.717) is 0 Å². The average molecular weight is 403 g/mol. The third-order valence-electron chi connectivity index (χ3n) is 5.58. The van der Waals surface area contributed by atoms with Crippen molar-refractivity contribution in [1.82, 2.24) is 25.0 Å². The second kappa shape index (κ2) is 9.03. The van der Waals surface area contributed by atoms with E-state index in [9.17, 15) is 0 Å². The molecule has 0 amide bonds. The summed E-state index contributed by atoms with van der Waals surface area (Å²) in [4.78, 5) is 12.5. The zero-order valence-electron chi connectivity index (χ0n) is 18.0. The van der Waals surface area contributed by atoms with Gasteiger partial charge in [-0.25, -0.2) is 4.98 Å². The van der Waals surface area contributed by atoms with Crippen molar-refractivity contribution in [2.45, 2.75) is 33.1 Å². The molecule has 4 aromatic rings. The predicted molar refractivity (Wildman–Crippen MR) is 124 cm³/mol. The van der Waals surface area contributed by atoms with Gasteiger partial charge in [-0.1, -0.05) is 31.2 Å². The van der Waals surface area contributed by atoms with Gasteiger partial charge in [-0.05, 0) is 42.5 Å². The molecule has 0 saturated heterocycles. The van der Waals surface area contributed by atoms with Crippen LogP contribution in [0.2, 0.25) is 0 Å². The summed E-state index contributed by atoms with van der Waals surface area (Å²) in [6, 6.07) is 10.7. The van der Waals surface area contributed by atoms with E-state index in [4.69, 9.17) is 4.98 Å². The highest BCUT2D eigenvalue weighted by Crippen LogP contribution is 2.22. The van der Waals surface area contributed by atoms with Gasteiger partial charge in [0.1, 0.15) is 5.65 Å². The van der Waals surface area contributed by atoms with E-state index in [1.807, 2.05) is 13.2 Å². The molecule has 0 saturated carbocycles. The predicted octanol–water partition coefficient (Wildman–Crippen LogP) is 3.64. The number of benzene rings is 1. The molecule has 0 aliphatic rings. The fourth-order valence-corrected chi connectivity index (χ4v) is 3.95. The van der Waals surface area contributed by atoms with Crippen LogP contribution >= 0.6 is 0 Å². The number of hydrogen-bond donors (Lipinski definition) is 3. The Kier molecular flexibility index (Phi) is 6.02. The summed E-state index contributed by atoms with van der Waals surface area (Å²) in [5.74, 6) is 0.823. The van der Waals surface area contributed by atoms with Gasteiger partial charge in [-0.2, -0.15) is 0 Å². The quantitative estimate of drug-likeness (QED) is 0.327. The lowest BCUT2D eigenvalue weighted by Gasteiger charge is -2.11. The fraction of sp³-hybridized carbons (Fsp3) is 0.333. The van der Waals surface area contributed by atoms with Crippen molar-refractivity contribution in [3.63, 3.8) is 0 Å². The number of hydrogen-bond acceptors (Lipinski definition) is 2. The molecule has 0 aliphatic carbocycles. The molecule has 156 valence electrons. The fourth-order valence-electron chi connectivity index (χ4n) is 3.95. The van der Waals surface area contributed by atoms with Gasteiger partial charge < -0.3 is 20.0 Å². The Morgan fingerprint density at radius 3 is 2.70 bits per heavy atom. The Labute approximate surface area is 177 Å². The number of rotatable bonds is 7. The third-order valence-corrected chi connectivity index (χ3v) is 5.58. The Balaban J connectivity index is 1.28. The molecule has 6 nitrogen and oxygen atoms in total. The summed E-state index contributed by atoms with van der Waals surface area (Å²) in [6.07, 6.45) is 9.11. The minimum atomic E-state index is 0.787. The van der Waals surface area contributed by atoms with Gasteiger partial charge in [0.2, 0.25) is 0 Å². The van der Waals surface area contributed by atoms with Crippen LogP contribution in [0.15, 0.2) is 53.9 Å². The average Bonchev–Trinajstić information content (AvgIpc) is 3.37. The SMILES string of the molecule is CCc1cccc2c(CCNC(=NC)NCCc3cn4cccc(C)c4n3)c[nH]c12. The second-order valence-electron chi connectivity index (χ2n) is 7.59. The van der Waals surface area contributed by atoms with Crippen molar-refractivity contribution < 1.29 is 0 Å². The van der Waals surface area contributed by atoms with E-state index >= 15 is 0 Å². The number of para-hydroxylation sites is 1. The number of nitrogens with one attached hydrogen (secondary N) is 3. The topological polar surface area (TPSA) is 69.5 Å². The minimum Gasteiger partial charge on any atom is -0.361 e. The van der Waals surface area contributed by atoms with Gasteiger partial charge in [0.25, 0.3) is 0 Å². The Morgan fingerprint density at radius 1 is 1.10 bits per heavy atom. The second-order valence-corrected chi connectivity index (χ2v) is 7.59. The number of H-pyrrole nitrogens is 1. The molecule has 0 bridgehead atoms. The van der Waals surface area contributed by atoms with Crippen LogP contribution in [-0.2, 0) is 19.3 Å². The molecular weight excluding hydrogens is 372 g/mol. The summed E-state index contributed by atoms with van der Waals surface area (Å²) in [5.41, 5.74) is 7.27. The Hall–Kier alpha value is -3.28. The van der Waals surface area contributed by atoms with Crippen LogP contribution in [0, 0.1) is 6.92 Å². The molecule has 0 aliphatic heterocycles. The van der Waals surface area contributed by atoms with Gasteiger partial charge in [-0.3, -0.25) is 4.99 Å². The van der Waals surface area contributed by atoms with Crippen LogP contribution in [0.4, 0.5) is 0 Å². The zero-order valence-corrected chi connectivity index (χ0v) is 18.0. The number of fused-ring (bicyclic) bond motifs is 2. The molecule has 0 unspecified atom stereocenters. The summed E-state index contributed by atoms with van der Waals surface area (Å²) in [6.45, 7) is 5.90. The van der Waals surface area contributed by atoms with Crippen molar-refractivity contribution in [3.8, 4) is 0 Å². The number of aliphatic imine (C=N–C) groups is 1. The maximum atomic E-state index is 4.73. The number of nitrogens with zero attached hydrogens (tertiary/aromatic N) is 3. The van der Waals surface area contributed by atoms with Gasteiger partial charge in [0.15, 0.2) is 5.96 Å². The van der Waals surface area contributed by atoms with E-state index in [1.54, 1.807) is 0 Å². The van der Waals surface area contributed by atoms with E-state index in [2.05, 4.69) is 81.6 Å². The van der Waals surface area contributed by atoms with Crippen molar-refractivity contribution >= 4 is 22.5 Å². The normalized spacial score (nSPS) is 12.0. The number of guanidine groups is 1. The van der Waals surface area contributed by atoms with Crippen LogP contribution in [0.5, 0.6) is 0 Å². The molecule has 1 aromatic carbocycles. The molecule has 3 heterocycles. The molecule has 3 N–H and O–H groups in total. The van der Waals surface area contributed by atoms with Crippen LogP contribution in [0.1, 0.15) is 29.3 Å². The first-order valence-electron chi connectivity index (χ1n) is 10.6. The van der Waals surface area contributed by atoms with E-state index < -0.39 is 0 Å². The third kappa shape index (κ3) is 4.17. The maximum Gasteiger partial charge on any atom is 0.190 e. The van der Waals surface area contributed by atoms with Gasteiger partial charge >= 0.3 is 0 Å². The van der Waals surface area contributed by atoms with Crippen LogP contribution in [-0.4, -0.2) is 40.5 Å². The first kappa shape index (κ1) is 20.0. The highest BCUT2D eigenvalue weighted by molar-refractivity contribution is 5.86. The number of pyridine rings is 1. The summed E-state index contributed by atoms with van der Waals surface area (Å²) >= 11 is 0. The summed E-state index contributed by atoms with van der Waals surface area (Å²) in [7, 11) is 1.81. The standard InChI is InChI=1S/C24H30N6/c1-4-18-8-5-9-21-19(15-28-22(18)21)10-12-26-24(25-3)27-13-11-20-16-30-14-6-7-17(2)23(30)29-20/h5-9,14-16,28H,4,10-13H2,1-3H3,(H2,25,26,27). The van der Waals surface area contributed by atoms with E-state index in [-0.39, 0.29) is 0 Å². The lowest BCUT2D eigenvalue weighted by molar-refractivity contribution is 0.779. The zero-order chi connectivity index (χ0) is 20.9. The lowest BCUT2D eigenvalue weighted by Crippen LogP contribution is -2.39. The molecule has 0 atom stereocenters. The highest BCUT2D eigenvalue weighted by atomic mass is 15.2. The monoisotopic (exact) mass is 402 g/mol. The number of aromatic nitrogens is 3. The molecule has 0 fully saturated rings. The smallest absolute Gasteiger partial charge is 0.190 e. The van der Waals surface area contributed by atoms with E-state index in [1.165, 1.54) is 27.6 Å². The first-order valence-corrected chi connectivity index (χ1v) is 10.6. The van der Waals surface area contributed by atoms with Crippen molar-refractivity contribution in [2.75, 3.05) is 20.1 Å². The van der Waals surface area contributed by atoms with Gasteiger partial charge in [0, 0.05) is 56.1 Å². The van der Waals surface area contributed by atoms with Gasteiger partial charge in [-0.15, -0.1) is 0 Å². The van der Waals surface area contributed by atoms with Crippen molar-refractivity contribution in [1.29, 1.82) is 0 Å². The lowest BCUT2D eigenvalue weighted by atomic mass is 10.1. The summed E-state index contributed by atoms with van der Waals surface area (Å²) < 4.78 is 2.09. The Bertz CT molecular complexity index is 1170. The van der Waals surface area contributed by atoms with Crippen LogP contribution in [0.25, 0.3) is 16.6 Å². The van der Waals surface area contributed by atoms with Crippen LogP contribution in [0.3, 0.4) is 0 Å². The van der Waals surface area contributed by atoms with Gasteiger partial charge in [0.05, 0.1) is 5.69 Å². The largest absolute Gasteiger partial charge is 0.361 e. The van der Waals surface area contributed by atoms with Crippen molar-refractivity contribution in [2.24, 2.45) is 4.99 Å². The Morgan fingerprint density at radius 2 is 1.93 bits per heavy atom. The molecule has 4 rings (SSSR count). The maximum absolute atomic E-state index is 4.73. The molecule has 30 heavy (non-hydrogen) atoms. The van der Waals surface area contributed by atoms with Crippen molar-refractivity contribution in [3.05, 3.63) is 71.3 Å². The first-order chi connectivity index (χ1) is 14.7.